The van der Waals surface area contributed by atoms with Crippen LogP contribution < -0.4 is 4.90 Å². The van der Waals surface area contributed by atoms with E-state index in [-0.39, 0.29) is 5.91 Å². The molecule has 1 fully saturated rings. The van der Waals surface area contributed by atoms with Crippen molar-refractivity contribution in [3.8, 4) is 11.8 Å². The van der Waals surface area contributed by atoms with E-state index in [4.69, 9.17) is 0 Å². The molecular weight excluding hydrogens is 348 g/mol. The summed E-state index contributed by atoms with van der Waals surface area (Å²) in [5, 5.41) is 0. The number of nitrogens with zero attached hydrogens (tertiary/aromatic N) is 4. The fourth-order valence-electron chi connectivity index (χ4n) is 3.16. The van der Waals surface area contributed by atoms with Crippen molar-refractivity contribution in [1.29, 1.82) is 0 Å². The lowest BCUT2D eigenvalue weighted by molar-refractivity contribution is 0.0746. The van der Waals surface area contributed by atoms with Gasteiger partial charge in [0.2, 0.25) is 0 Å². The molecule has 0 atom stereocenters. The highest BCUT2D eigenvalue weighted by molar-refractivity contribution is 5.94. The van der Waals surface area contributed by atoms with Crippen LogP contribution in [0.25, 0.3) is 0 Å². The van der Waals surface area contributed by atoms with E-state index in [1.807, 2.05) is 65.6 Å². The number of hydrogen-bond donors (Lipinski definition) is 0. The van der Waals surface area contributed by atoms with Crippen molar-refractivity contribution in [3.63, 3.8) is 0 Å². The van der Waals surface area contributed by atoms with Gasteiger partial charge < -0.3 is 9.80 Å². The predicted molar refractivity (Wildman–Crippen MR) is 109 cm³/mol. The zero-order valence-corrected chi connectivity index (χ0v) is 15.5. The minimum atomic E-state index is 0.0437. The van der Waals surface area contributed by atoms with E-state index in [9.17, 15) is 4.79 Å². The fraction of sp³-hybridized carbons (Fsp3) is 0.174. The van der Waals surface area contributed by atoms with Gasteiger partial charge in [-0.15, -0.1) is 0 Å². The van der Waals surface area contributed by atoms with Crippen LogP contribution in [0.1, 0.15) is 21.6 Å². The molecule has 3 heterocycles. The number of anilines is 1. The lowest BCUT2D eigenvalue weighted by Crippen LogP contribution is -2.49. The van der Waals surface area contributed by atoms with Crippen LogP contribution in [-0.2, 0) is 0 Å². The summed E-state index contributed by atoms with van der Waals surface area (Å²) in [7, 11) is 0. The maximum atomic E-state index is 12.9. The smallest absolute Gasteiger partial charge is 0.254 e. The van der Waals surface area contributed by atoms with Crippen LogP contribution in [0.3, 0.4) is 0 Å². The Labute approximate surface area is 164 Å². The molecule has 3 aromatic rings. The van der Waals surface area contributed by atoms with Crippen LogP contribution in [0, 0.1) is 11.8 Å². The Morgan fingerprint density at radius 1 is 0.821 bits per heavy atom. The fourth-order valence-corrected chi connectivity index (χ4v) is 3.16. The Balaban J connectivity index is 1.42. The molecule has 1 aliphatic heterocycles. The highest BCUT2D eigenvalue weighted by atomic mass is 16.2. The summed E-state index contributed by atoms with van der Waals surface area (Å²) in [5.41, 5.74) is 2.19. The molecular formula is C23H20N4O. The van der Waals surface area contributed by atoms with Crippen LogP contribution in [-0.4, -0.2) is 47.0 Å². The van der Waals surface area contributed by atoms with Gasteiger partial charge in [0.25, 0.3) is 5.91 Å². The lowest BCUT2D eigenvalue weighted by Gasteiger charge is -2.35. The normalized spacial score (nSPS) is 13.6. The quantitative estimate of drug-likeness (QED) is 0.653. The second kappa shape index (κ2) is 8.36. The second-order valence-electron chi connectivity index (χ2n) is 6.51. The first-order chi connectivity index (χ1) is 13.8. The first-order valence-corrected chi connectivity index (χ1v) is 9.28. The number of carbonyl (C=O) groups excluding carboxylic acids is 1. The predicted octanol–water partition coefficient (Wildman–Crippen LogP) is 2.84. The molecule has 0 aliphatic carbocycles. The van der Waals surface area contributed by atoms with Crippen LogP contribution in [0.4, 0.5) is 5.82 Å². The topological polar surface area (TPSA) is 49.3 Å². The third-order valence-electron chi connectivity index (χ3n) is 4.65. The molecule has 0 saturated carbocycles. The van der Waals surface area contributed by atoms with E-state index >= 15 is 0 Å². The van der Waals surface area contributed by atoms with E-state index < -0.39 is 0 Å². The van der Waals surface area contributed by atoms with Crippen molar-refractivity contribution in [3.05, 3.63) is 89.9 Å². The van der Waals surface area contributed by atoms with E-state index in [0.717, 1.165) is 24.5 Å². The van der Waals surface area contributed by atoms with Gasteiger partial charge in [-0.25, -0.2) is 9.97 Å². The molecule has 138 valence electrons. The van der Waals surface area contributed by atoms with Gasteiger partial charge in [0.05, 0.1) is 0 Å². The van der Waals surface area contributed by atoms with E-state index in [1.165, 1.54) is 0 Å². The molecule has 5 heteroatoms. The van der Waals surface area contributed by atoms with Crippen LogP contribution in [0.5, 0.6) is 0 Å². The van der Waals surface area contributed by atoms with Crippen molar-refractivity contribution < 1.29 is 4.79 Å². The van der Waals surface area contributed by atoms with E-state index in [2.05, 4.69) is 26.7 Å². The Kier molecular flexibility index (Phi) is 5.30. The molecule has 0 bridgehead atoms. The van der Waals surface area contributed by atoms with Crippen LogP contribution in [0.2, 0.25) is 0 Å². The number of aromatic nitrogens is 2. The molecule has 1 aromatic carbocycles. The molecule has 1 amide bonds. The van der Waals surface area contributed by atoms with Gasteiger partial charge >= 0.3 is 0 Å². The minimum absolute atomic E-state index is 0.0437. The molecule has 28 heavy (non-hydrogen) atoms. The number of carbonyl (C=O) groups is 1. The summed E-state index contributed by atoms with van der Waals surface area (Å²) in [5.74, 6) is 7.12. The lowest BCUT2D eigenvalue weighted by atomic mass is 10.1. The number of rotatable bonds is 2. The van der Waals surface area contributed by atoms with Crippen molar-refractivity contribution >= 4 is 11.7 Å². The van der Waals surface area contributed by atoms with Crippen molar-refractivity contribution in [2.75, 3.05) is 31.1 Å². The average Bonchev–Trinajstić information content (AvgIpc) is 2.79. The van der Waals surface area contributed by atoms with Crippen molar-refractivity contribution in [2.45, 2.75) is 0 Å². The van der Waals surface area contributed by atoms with Crippen LogP contribution in [0.15, 0.2) is 73.1 Å². The third kappa shape index (κ3) is 4.18. The summed E-state index contributed by atoms with van der Waals surface area (Å²) in [6.45, 7) is 2.92. The molecule has 0 radical (unpaired) electrons. The largest absolute Gasteiger partial charge is 0.353 e. The SMILES string of the molecule is O=C(c1cccc(C#Cc2ccccn2)c1)N1CCN(c2ccccn2)CC1. The average molecular weight is 368 g/mol. The minimum Gasteiger partial charge on any atom is -0.353 e. The third-order valence-corrected chi connectivity index (χ3v) is 4.65. The number of benzene rings is 1. The maximum Gasteiger partial charge on any atom is 0.254 e. The van der Waals surface area contributed by atoms with Gasteiger partial charge in [0, 0.05) is 49.7 Å². The molecule has 1 aliphatic rings. The first kappa shape index (κ1) is 17.7. The number of piperazine rings is 1. The summed E-state index contributed by atoms with van der Waals surface area (Å²) in [6.07, 6.45) is 3.51. The molecule has 5 nitrogen and oxygen atoms in total. The maximum absolute atomic E-state index is 12.9. The second-order valence-corrected chi connectivity index (χ2v) is 6.51. The summed E-state index contributed by atoms with van der Waals surface area (Å²) >= 11 is 0. The molecule has 0 N–H and O–H groups in total. The van der Waals surface area contributed by atoms with Gasteiger partial charge in [-0.05, 0) is 48.4 Å². The Morgan fingerprint density at radius 3 is 2.32 bits per heavy atom. The van der Waals surface area contributed by atoms with Gasteiger partial charge in [-0.1, -0.05) is 24.1 Å². The molecule has 0 unspecified atom stereocenters. The van der Waals surface area contributed by atoms with Gasteiger partial charge in [-0.2, -0.15) is 0 Å². The zero-order valence-electron chi connectivity index (χ0n) is 15.5. The Hall–Kier alpha value is -3.65. The molecule has 1 saturated heterocycles. The van der Waals surface area contributed by atoms with Gasteiger partial charge in [-0.3, -0.25) is 4.79 Å². The zero-order chi connectivity index (χ0) is 19.2. The number of hydrogen-bond acceptors (Lipinski definition) is 4. The highest BCUT2D eigenvalue weighted by Gasteiger charge is 2.22. The molecule has 2 aromatic heterocycles. The van der Waals surface area contributed by atoms with E-state index in [0.29, 0.717) is 24.3 Å². The van der Waals surface area contributed by atoms with E-state index in [1.54, 1.807) is 12.4 Å². The summed E-state index contributed by atoms with van der Waals surface area (Å²) in [4.78, 5) is 25.6. The van der Waals surface area contributed by atoms with Crippen LogP contribution >= 0.6 is 0 Å². The van der Waals surface area contributed by atoms with Crippen molar-refractivity contribution in [2.24, 2.45) is 0 Å². The number of amides is 1. The number of pyridine rings is 2. The summed E-state index contributed by atoms with van der Waals surface area (Å²) < 4.78 is 0. The van der Waals surface area contributed by atoms with Crippen molar-refractivity contribution in [1.82, 2.24) is 14.9 Å². The molecule has 0 spiro atoms. The first-order valence-electron chi connectivity index (χ1n) is 9.28. The summed E-state index contributed by atoms with van der Waals surface area (Å²) in [6, 6.07) is 19.0. The molecule has 4 rings (SSSR count). The highest BCUT2D eigenvalue weighted by Crippen LogP contribution is 2.15. The van der Waals surface area contributed by atoms with Gasteiger partial charge in [0.1, 0.15) is 11.5 Å². The standard InChI is InChI=1S/C23H20N4O/c28-23(27-16-14-26(15-17-27)22-9-2-4-13-25-22)20-7-5-6-19(18-20)10-11-21-8-1-3-12-24-21/h1-9,12-13,18H,14-17H2. The Bertz CT molecular complexity index is 1000. The monoisotopic (exact) mass is 368 g/mol. The Morgan fingerprint density at radius 2 is 1.61 bits per heavy atom. The van der Waals surface area contributed by atoms with Gasteiger partial charge in [0.15, 0.2) is 0 Å².